The molecular formula is C40H65. The van der Waals surface area contributed by atoms with E-state index in [2.05, 4.69) is 124 Å². The molecule has 0 spiro atoms. The second kappa shape index (κ2) is 24.7. The van der Waals surface area contributed by atoms with Gasteiger partial charge in [0.05, 0.1) is 0 Å². The number of allylic oxidation sites excluding steroid dienone is 16. The minimum absolute atomic E-state index is 1.04. The maximum Gasteiger partial charge on any atom is -0.0130 e. The molecule has 40 heavy (non-hydrogen) atoms. The number of hydrogen-bond acceptors (Lipinski definition) is 0. The van der Waals surface area contributed by atoms with Gasteiger partial charge in [-0.3, -0.25) is 0 Å². The van der Waals surface area contributed by atoms with Crippen LogP contribution in [0.25, 0.3) is 0 Å². The van der Waals surface area contributed by atoms with Crippen molar-refractivity contribution in [3.05, 3.63) is 99.6 Å². The maximum atomic E-state index is 2.44. The highest BCUT2D eigenvalue weighted by molar-refractivity contribution is 5.12. The van der Waals surface area contributed by atoms with Gasteiger partial charge in [0.2, 0.25) is 0 Å². The van der Waals surface area contributed by atoms with Crippen molar-refractivity contribution in [2.45, 2.75) is 153 Å². The summed E-state index contributed by atoms with van der Waals surface area (Å²) in [4.78, 5) is 0. The molecular weight excluding hydrogens is 480 g/mol. The number of hydrogen-bond donors (Lipinski definition) is 0. The molecule has 0 amide bonds. The van der Waals surface area contributed by atoms with Crippen molar-refractivity contribution in [1.29, 1.82) is 0 Å². The lowest BCUT2D eigenvalue weighted by molar-refractivity contribution is 0.897. The van der Waals surface area contributed by atoms with E-state index < -0.39 is 0 Å². The number of rotatable bonds is 21. The zero-order valence-corrected chi connectivity index (χ0v) is 28.4. The first-order valence-corrected chi connectivity index (χ1v) is 16.0. The fourth-order valence-electron chi connectivity index (χ4n) is 4.49. The van der Waals surface area contributed by atoms with Gasteiger partial charge in [0.15, 0.2) is 0 Å². The maximum absolute atomic E-state index is 2.44. The van der Waals surface area contributed by atoms with Gasteiger partial charge in [0, 0.05) is 0 Å². The van der Waals surface area contributed by atoms with Crippen LogP contribution in [0.2, 0.25) is 0 Å². The minimum Gasteiger partial charge on any atom is -0.0856 e. The van der Waals surface area contributed by atoms with Crippen LogP contribution in [-0.2, 0) is 0 Å². The van der Waals surface area contributed by atoms with E-state index in [1.165, 1.54) is 102 Å². The first-order chi connectivity index (χ1) is 19.0. The van der Waals surface area contributed by atoms with Gasteiger partial charge in [-0.25, -0.2) is 0 Å². The quantitative estimate of drug-likeness (QED) is 0.0993. The van der Waals surface area contributed by atoms with E-state index in [1.54, 1.807) is 0 Å². The van der Waals surface area contributed by atoms with Gasteiger partial charge in [-0.2, -0.15) is 0 Å². The Bertz CT molecular complexity index is 847. The molecule has 0 aliphatic heterocycles. The van der Waals surface area contributed by atoms with Gasteiger partial charge >= 0.3 is 0 Å². The first kappa shape index (κ1) is 37.9. The summed E-state index contributed by atoms with van der Waals surface area (Å²) >= 11 is 0. The fraction of sp³-hybridized carbons (Fsp3) is 0.575. The summed E-state index contributed by atoms with van der Waals surface area (Å²) in [7, 11) is 0. The Balaban J connectivity index is 4.15. The second-order valence-corrected chi connectivity index (χ2v) is 12.5. The van der Waals surface area contributed by atoms with E-state index >= 15 is 0 Å². The molecule has 0 aromatic heterocycles. The van der Waals surface area contributed by atoms with E-state index in [-0.39, 0.29) is 0 Å². The molecule has 0 saturated heterocycles. The Kier molecular flexibility index (Phi) is 23.4. The van der Waals surface area contributed by atoms with E-state index in [0.717, 1.165) is 25.7 Å². The van der Waals surface area contributed by atoms with Crippen molar-refractivity contribution >= 4 is 0 Å². The van der Waals surface area contributed by atoms with Crippen LogP contribution < -0.4 is 0 Å². The van der Waals surface area contributed by atoms with Gasteiger partial charge in [0.1, 0.15) is 0 Å². The molecule has 0 bridgehead atoms. The summed E-state index contributed by atoms with van der Waals surface area (Å²) in [6.45, 7) is 22.4. The predicted octanol–water partition coefficient (Wildman–Crippen LogP) is 13.9. The Hall–Kier alpha value is -2.08. The van der Waals surface area contributed by atoms with Gasteiger partial charge in [-0.1, -0.05) is 93.2 Å². The third-order valence-corrected chi connectivity index (χ3v) is 7.31. The Morgan fingerprint density at radius 3 is 0.925 bits per heavy atom. The highest BCUT2D eigenvalue weighted by atomic mass is 14.0. The molecule has 225 valence electrons. The zero-order chi connectivity index (χ0) is 30.2. The average Bonchev–Trinajstić information content (AvgIpc) is 2.86. The fourth-order valence-corrected chi connectivity index (χ4v) is 4.49. The molecule has 0 rings (SSSR count). The topological polar surface area (TPSA) is 0 Å². The van der Waals surface area contributed by atoms with E-state index in [4.69, 9.17) is 0 Å². The van der Waals surface area contributed by atoms with E-state index in [1.807, 2.05) is 0 Å². The smallest absolute Gasteiger partial charge is 0.0130 e. The third-order valence-electron chi connectivity index (χ3n) is 7.31. The Labute approximate surface area is 251 Å². The number of unbranched alkanes of at least 4 members (excludes halogenated alkanes) is 1. The van der Waals surface area contributed by atoms with Crippen LogP contribution in [0.3, 0.4) is 0 Å². The summed E-state index contributed by atoms with van der Waals surface area (Å²) in [5.41, 5.74) is 11.9. The normalized spacial score (nSPS) is 14.1. The lowest BCUT2D eigenvalue weighted by Crippen LogP contribution is -1.83. The predicted molar refractivity (Wildman–Crippen MR) is 186 cm³/mol. The van der Waals surface area contributed by atoms with Crippen LogP contribution in [0.5, 0.6) is 0 Å². The van der Waals surface area contributed by atoms with Crippen LogP contribution in [0, 0.1) is 6.42 Å². The van der Waals surface area contributed by atoms with Gasteiger partial charge < -0.3 is 0 Å². The van der Waals surface area contributed by atoms with Crippen molar-refractivity contribution in [1.82, 2.24) is 0 Å². The molecule has 0 atom stereocenters. The van der Waals surface area contributed by atoms with E-state index in [9.17, 15) is 0 Å². The molecule has 0 N–H and O–H groups in total. The monoisotopic (exact) mass is 546 g/mol. The standard InChI is InChI=1S/C40H65/c1-33(2)19-13-23-37(7)27-17-31-39(9)29-15-25-35(5)21-11-12-22-36(6)26-16-30-40(10)32-18-28-38(8)24-14-20-34(3)4/h11,19-22,27-30H,12-18,23-26,31-32H2,1-10H3/b35-21?,36-22+,37-27?,38-28+,39-29?,40-30+. The molecule has 0 saturated carbocycles. The molecule has 0 aromatic carbocycles. The van der Waals surface area contributed by atoms with Crippen molar-refractivity contribution in [2.75, 3.05) is 0 Å². The van der Waals surface area contributed by atoms with Crippen LogP contribution in [0.1, 0.15) is 153 Å². The molecule has 0 aliphatic carbocycles. The lowest BCUT2D eigenvalue weighted by Gasteiger charge is -2.03. The summed E-state index contributed by atoms with van der Waals surface area (Å²) < 4.78 is 0. The SMILES string of the molecule is CC(C)=CCCC(C)=CCCC(C)=CCCC(C)=C[CH]C/C=C(\C)CC/C=C(\C)CC/C=C(\C)CCC=C(C)C. The molecule has 0 aromatic rings. The molecule has 0 heterocycles. The van der Waals surface area contributed by atoms with Gasteiger partial charge in [-0.05, 0) is 159 Å². The van der Waals surface area contributed by atoms with Crippen LogP contribution >= 0.6 is 0 Å². The molecule has 0 heteroatoms. The molecule has 0 nitrogen and oxygen atoms in total. The van der Waals surface area contributed by atoms with Crippen molar-refractivity contribution in [3.63, 3.8) is 0 Å². The molecule has 1 radical (unpaired) electrons. The minimum atomic E-state index is 1.04. The summed E-state index contributed by atoms with van der Waals surface area (Å²) in [6, 6.07) is 0. The first-order valence-electron chi connectivity index (χ1n) is 16.0. The average molecular weight is 546 g/mol. The van der Waals surface area contributed by atoms with Crippen LogP contribution in [0.4, 0.5) is 0 Å². The summed E-state index contributed by atoms with van der Waals surface area (Å²) in [5.74, 6) is 0. The Morgan fingerprint density at radius 2 is 0.600 bits per heavy atom. The van der Waals surface area contributed by atoms with Gasteiger partial charge in [0.25, 0.3) is 0 Å². The third kappa shape index (κ3) is 26.2. The van der Waals surface area contributed by atoms with Crippen molar-refractivity contribution in [3.8, 4) is 0 Å². The molecule has 0 aliphatic rings. The summed E-state index contributed by atoms with van der Waals surface area (Å²) in [6.07, 6.45) is 36.5. The molecule has 0 fully saturated rings. The van der Waals surface area contributed by atoms with Crippen molar-refractivity contribution < 1.29 is 0 Å². The zero-order valence-electron chi connectivity index (χ0n) is 28.4. The van der Waals surface area contributed by atoms with Crippen molar-refractivity contribution in [2.24, 2.45) is 0 Å². The Morgan fingerprint density at radius 1 is 0.325 bits per heavy atom. The summed E-state index contributed by atoms with van der Waals surface area (Å²) in [5, 5.41) is 0. The lowest BCUT2D eigenvalue weighted by atomic mass is 10.0. The van der Waals surface area contributed by atoms with E-state index in [0.29, 0.717) is 0 Å². The molecule has 0 unspecified atom stereocenters. The second-order valence-electron chi connectivity index (χ2n) is 12.5. The highest BCUT2D eigenvalue weighted by Crippen LogP contribution is 2.16. The highest BCUT2D eigenvalue weighted by Gasteiger charge is 1.96. The largest absolute Gasteiger partial charge is 0.0856 e. The van der Waals surface area contributed by atoms with Crippen LogP contribution in [-0.4, -0.2) is 0 Å². The van der Waals surface area contributed by atoms with Gasteiger partial charge in [-0.15, -0.1) is 0 Å². The van der Waals surface area contributed by atoms with Crippen LogP contribution in [0.15, 0.2) is 93.2 Å².